The maximum absolute atomic E-state index is 13.3. The third kappa shape index (κ3) is 4.63. The first kappa shape index (κ1) is 22.7. The zero-order valence-corrected chi connectivity index (χ0v) is 20.1. The molecule has 0 atom stereocenters. The quantitative estimate of drug-likeness (QED) is 0.349. The highest BCUT2D eigenvalue weighted by molar-refractivity contribution is 7.99. The topological polar surface area (TPSA) is 90.5 Å². The first-order chi connectivity index (χ1) is 17.0. The predicted molar refractivity (Wildman–Crippen MR) is 137 cm³/mol. The van der Waals surface area contributed by atoms with Crippen LogP contribution in [-0.2, 0) is 11.3 Å². The van der Waals surface area contributed by atoms with E-state index in [4.69, 9.17) is 4.74 Å². The maximum Gasteiger partial charge on any atom is 0.263 e. The Morgan fingerprint density at radius 1 is 1.03 bits per heavy atom. The molecule has 5 rings (SSSR count). The van der Waals surface area contributed by atoms with Crippen LogP contribution in [-0.4, -0.2) is 37.9 Å². The van der Waals surface area contributed by atoms with E-state index in [0.29, 0.717) is 39.8 Å². The normalized spacial score (nSPS) is 11.1. The smallest absolute Gasteiger partial charge is 0.263 e. The monoisotopic (exact) mass is 485 g/mol. The number of para-hydroxylation sites is 1. The number of ether oxygens (including phenoxy) is 1. The van der Waals surface area contributed by atoms with Gasteiger partial charge in [-0.25, -0.2) is 0 Å². The fourth-order valence-electron chi connectivity index (χ4n) is 3.87. The minimum Gasteiger partial charge on any atom is -0.497 e. The van der Waals surface area contributed by atoms with Gasteiger partial charge in [0.25, 0.3) is 5.56 Å². The van der Waals surface area contributed by atoms with Gasteiger partial charge in [0.1, 0.15) is 5.75 Å². The van der Waals surface area contributed by atoms with E-state index in [0.717, 1.165) is 11.1 Å². The zero-order valence-electron chi connectivity index (χ0n) is 19.3. The molecule has 0 radical (unpaired) electrons. The number of hydrogen-bond donors (Lipinski definition) is 1. The molecule has 0 fully saturated rings. The summed E-state index contributed by atoms with van der Waals surface area (Å²) < 4.78 is 8.67. The molecule has 0 aliphatic rings. The van der Waals surface area contributed by atoms with Crippen molar-refractivity contribution in [1.29, 1.82) is 0 Å². The molecule has 1 N–H and O–H groups in total. The van der Waals surface area contributed by atoms with Gasteiger partial charge in [0.15, 0.2) is 5.16 Å². The van der Waals surface area contributed by atoms with Gasteiger partial charge in [-0.2, -0.15) is 0 Å². The number of anilines is 1. The lowest BCUT2D eigenvalue weighted by Gasteiger charge is -2.11. The van der Waals surface area contributed by atoms with E-state index in [1.807, 2.05) is 65.9 Å². The molecular weight excluding hydrogens is 462 g/mol. The molecule has 35 heavy (non-hydrogen) atoms. The summed E-state index contributed by atoms with van der Waals surface area (Å²) in [6.07, 6.45) is 0. The first-order valence-corrected chi connectivity index (χ1v) is 12.0. The van der Waals surface area contributed by atoms with Crippen LogP contribution in [0, 0.1) is 6.92 Å². The molecule has 5 aromatic rings. The van der Waals surface area contributed by atoms with E-state index in [2.05, 4.69) is 15.5 Å². The molecule has 8 nitrogen and oxygen atoms in total. The molecule has 2 heterocycles. The number of benzene rings is 3. The Kier molecular flexibility index (Phi) is 6.24. The van der Waals surface area contributed by atoms with Gasteiger partial charge in [-0.1, -0.05) is 59.8 Å². The van der Waals surface area contributed by atoms with Gasteiger partial charge >= 0.3 is 0 Å². The molecule has 0 aliphatic heterocycles. The summed E-state index contributed by atoms with van der Waals surface area (Å²) in [6.45, 7) is 2.39. The Labute approximate surface area is 205 Å². The highest BCUT2D eigenvalue weighted by atomic mass is 32.2. The molecule has 0 aliphatic carbocycles. The Morgan fingerprint density at radius 3 is 2.63 bits per heavy atom. The molecule has 3 aromatic carbocycles. The van der Waals surface area contributed by atoms with Crippen LogP contribution in [0.25, 0.3) is 16.7 Å². The number of aryl methyl sites for hydroxylation is 1. The second-order valence-corrected chi connectivity index (χ2v) is 9.02. The molecule has 1 amide bonds. The highest BCUT2D eigenvalue weighted by Gasteiger charge is 2.18. The Balaban J connectivity index is 1.47. The SMILES string of the molecule is COc1cccc(NC(=O)CSc2nnc3n(Cc4ccc(C)cc4)c(=O)c4ccccc4n23)c1. The Morgan fingerprint density at radius 2 is 1.83 bits per heavy atom. The van der Waals surface area contributed by atoms with Crippen molar-refractivity contribution in [1.82, 2.24) is 19.2 Å². The van der Waals surface area contributed by atoms with Crippen molar-refractivity contribution in [2.45, 2.75) is 18.6 Å². The van der Waals surface area contributed by atoms with Crippen molar-refractivity contribution < 1.29 is 9.53 Å². The molecule has 0 spiro atoms. The number of carbonyl (C=O) groups is 1. The van der Waals surface area contributed by atoms with Crippen LogP contribution in [0.2, 0.25) is 0 Å². The molecule has 0 saturated carbocycles. The lowest BCUT2D eigenvalue weighted by Crippen LogP contribution is -2.24. The van der Waals surface area contributed by atoms with E-state index in [1.165, 1.54) is 11.8 Å². The summed E-state index contributed by atoms with van der Waals surface area (Å²) in [5.74, 6) is 1.04. The summed E-state index contributed by atoms with van der Waals surface area (Å²) in [6, 6.07) is 22.6. The van der Waals surface area contributed by atoms with E-state index in [9.17, 15) is 9.59 Å². The fraction of sp³-hybridized carbons (Fsp3) is 0.154. The lowest BCUT2D eigenvalue weighted by molar-refractivity contribution is -0.113. The number of carbonyl (C=O) groups excluding carboxylic acids is 1. The zero-order chi connectivity index (χ0) is 24.4. The number of rotatable bonds is 7. The summed E-state index contributed by atoms with van der Waals surface area (Å²) >= 11 is 1.26. The van der Waals surface area contributed by atoms with Gasteiger partial charge in [-0.15, -0.1) is 10.2 Å². The number of nitrogens with one attached hydrogen (secondary N) is 1. The van der Waals surface area contributed by atoms with Crippen LogP contribution >= 0.6 is 11.8 Å². The highest BCUT2D eigenvalue weighted by Crippen LogP contribution is 2.23. The summed E-state index contributed by atoms with van der Waals surface area (Å²) in [5, 5.41) is 12.6. The number of methoxy groups -OCH3 is 1. The number of amides is 1. The largest absolute Gasteiger partial charge is 0.497 e. The maximum atomic E-state index is 13.3. The first-order valence-electron chi connectivity index (χ1n) is 11.0. The average Bonchev–Trinajstić information content (AvgIpc) is 3.30. The molecule has 9 heteroatoms. The van der Waals surface area contributed by atoms with E-state index < -0.39 is 0 Å². The van der Waals surface area contributed by atoms with Crippen LogP contribution < -0.4 is 15.6 Å². The summed E-state index contributed by atoms with van der Waals surface area (Å²) in [7, 11) is 1.58. The van der Waals surface area contributed by atoms with Gasteiger partial charge < -0.3 is 10.1 Å². The van der Waals surface area contributed by atoms with Gasteiger partial charge in [0.2, 0.25) is 11.7 Å². The van der Waals surface area contributed by atoms with Crippen LogP contribution in [0.5, 0.6) is 5.75 Å². The van der Waals surface area contributed by atoms with Crippen molar-refractivity contribution in [2.75, 3.05) is 18.2 Å². The van der Waals surface area contributed by atoms with E-state index >= 15 is 0 Å². The number of aromatic nitrogens is 4. The Hall–Kier alpha value is -4.11. The molecule has 0 unspecified atom stereocenters. The van der Waals surface area contributed by atoms with Crippen molar-refractivity contribution >= 4 is 40.0 Å². The third-order valence-electron chi connectivity index (χ3n) is 5.63. The lowest BCUT2D eigenvalue weighted by atomic mass is 10.1. The van der Waals surface area contributed by atoms with Crippen LogP contribution in [0.1, 0.15) is 11.1 Å². The minimum absolute atomic E-state index is 0.128. The van der Waals surface area contributed by atoms with Crippen LogP contribution in [0.3, 0.4) is 0 Å². The number of hydrogen-bond acceptors (Lipinski definition) is 6. The second kappa shape index (κ2) is 9.63. The van der Waals surface area contributed by atoms with Crippen LogP contribution in [0.4, 0.5) is 5.69 Å². The fourth-order valence-corrected chi connectivity index (χ4v) is 4.61. The number of fused-ring (bicyclic) bond motifs is 3. The standard InChI is InChI=1S/C26H23N5O3S/c1-17-10-12-18(13-11-17)15-30-24(33)21-8-3-4-9-22(21)31-25(30)28-29-26(31)35-16-23(32)27-19-6-5-7-20(14-19)34-2/h3-14H,15-16H2,1-2H3,(H,27,32). The van der Waals surface area contributed by atoms with Crippen molar-refractivity contribution in [3.05, 3.63) is 94.3 Å². The van der Waals surface area contributed by atoms with Gasteiger partial charge in [-0.05, 0) is 36.8 Å². The summed E-state index contributed by atoms with van der Waals surface area (Å²) in [4.78, 5) is 26.0. The molecule has 0 bridgehead atoms. The Bertz CT molecular complexity index is 1590. The van der Waals surface area contributed by atoms with E-state index in [-0.39, 0.29) is 17.2 Å². The van der Waals surface area contributed by atoms with Gasteiger partial charge in [0.05, 0.1) is 30.3 Å². The second-order valence-electron chi connectivity index (χ2n) is 8.08. The predicted octanol–water partition coefficient (Wildman–Crippen LogP) is 4.14. The molecule has 176 valence electrons. The molecule has 0 saturated heterocycles. The van der Waals surface area contributed by atoms with Gasteiger partial charge in [-0.3, -0.25) is 18.6 Å². The van der Waals surface area contributed by atoms with E-state index in [1.54, 1.807) is 29.9 Å². The molecule has 2 aromatic heterocycles. The summed E-state index contributed by atoms with van der Waals surface area (Å²) in [5.41, 5.74) is 3.36. The van der Waals surface area contributed by atoms with Crippen molar-refractivity contribution in [3.63, 3.8) is 0 Å². The number of thioether (sulfide) groups is 1. The van der Waals surface area contributed by atoms with Crippen molar-refractivity contribution in [2.24, 2.45) is 0 Å². The third-order valence-corrected chi connectivity index (χ3v) is 6.55. The van der Waals surface area contributed by atoms with Crippen molar-refractivity contribution in [3.8, 4) is 5.75 Å². The average molecular weight is 486 g/mol. The van der Waals surface area contributed by atoms with Crippen LogP contribution in [0.15, 0.2) is 82.7 Å². The van der Waals surface area contributed by atoms with Gasteiger partial charge in [0, 0.05) is 11.8 Å². The molecular formula is C26H23N5O3S. The minimum atomic E-state index is -0.183. The number of nitrogens with zero attached hydrogens (tertiary/aromatic N) is 4.